The van der Waals surface area contributed by atoms with Crippen molar-refractivity contribution in [3.63, 3.8) is 0 Å². The average molecular weight is 493 g/mol. The molecule has 4 rings (SSSR count). The number of hydrogen-bond acceptors (Lipinski definition) is 7. The molecule has 3 fully saturated rings. The maximum absolute atomic E-state index is 11.9. The van der Waals surface area contributed by atoms with Crippen LogP contribution in [0.3, 0.4) is 0 Å². The van der Waals surface area contributed by atoms with Crippen LogP contribution in [0.2, 0.25) is 0 Å². The molecule has 0 bridgehead atoms. The van der Waals surface area contributed by atoms with Gasteiger partial charge in [0.25, 0.3) is 0 Å². The molecule has 3 aliphatic rings. The predicted octanol–water partition coefficient (Wildman–Crippen LogP) is 4.67. The van der Waals surface area contributed by atoms with Crippen molar-refractivity contribution in [3.8, 4) is 0 Å². The molecule has 7 heteroatoms. The lowest BCUT2D eigenvalue weighted by Gasteiger charge is -2.58. The molecule has 8 atom stereocenters. The highest BCUT2D eigenvalue weighted by Gasteiger charge is 2.64. The zero-order valence-electron chi connectivity index (χ0n) is 20.9. The summed E-state index contributed by atoms with van der Waals surface area (Å²) in [5.41, 5.74) is -1.28. The lowest BCUT2D eigenvalue weighted by Crippen LogP contribution is -2.55. The Balaban J connectivity index is 1.61. The van der Waals surface area contributed by atoms with Crippen LogP contribution in [0, 0.1) is 34.5 Å². The molecule has 0 radical (unpaired) electrons. The van der Waals surface area contributed by atoms with E-state index in [1.807, 2.05) is 17.5 Å². The molecule has 8 unspecified atom stereocenters. The predicted molar refractivity (Wildman–Crippen MR) is 130 cm³/mol. The van der Waals surface area contributed by atoms with Crippen molar-refractivity contribution >= 4 is 23.3 Å². The second kappa shape index (κ2) is 9.55. The topological polar surface area (TPSA) is 93.1 Å². The van der Waals surface area contributed by atoms with Gasteiger partial charge in [0.15, 0.2) is 0 Å². The number of thiophene rings is 1. The second-order valence-corrected chi connectivity index (χ2v) is 12.4. The van der Waals surface area contributed by atoms with E-state index in [9.17, 15) is 19.8 Å². The largest absolute Gasteiger partial charge is 0.466 e. The van der Waals surface area contributed by atoms with E-state index in [0.29, 0.717) is 13.0 Å². The standard InChI is InChI=1S/C27H40O6S/c1-17(29)32-16-19-14-20(33-18(2)30)7-10-25(19,3)22-8-11-26(4)23(21(22)15-28)9-12-27(26,31)24-6-5-13-34-24/h5-6,13,19-23,28,31H,7-12,14-16H2,1-4H3. The third kappa shape index (κ3) is 4.22. The summed E-state index contributed by atoms with van der Waals surface area (Å²) in [4.78, 5) is 24.3. The van der Waals surface area contributed by atoms with Crippen molar-refractivity contribution in [1.82, 2.24) is 0 Å². The van der Waals surface area contributed by atoms with Gasteiger partial charge in [0.1, 0.15) is 11.7 Å². The quantitative estimate of drug-likeness (QED) is 0.561. The molecule has 1 aromatic rings. The summed E-state index contributed by atoms with van der Waals surface area (Å²) in [6.45, 7) is 7.76. The van der Waals surface area contributed by atoms with E-state index < -0.39 is 5.60 Å². The highest BCUT2D eigenvalue weighted by Crippen LogP contribution is 2.67. The van der Waals surface area contributed by atoms with E-state index in [0.717, 1.165) is 43.4 Å². The lowest BCUT2D eigenvalue weighted by atomic mass is 9.48. The van der Waals surface area contributed by atoms with Crippen LogP contribution in [0.1, 0.15) is 77.5 Å². The molecule has 1 heterocycles. The molecule has 3 aliphatic carbocycles. The van der Waals surface area contributed by atoms with E-state index in [-0.39, 0.29) is 59.2 Å². The maximum Gasteiger partial charge on any atom is 0.302 e. The monoisotopic (exact) mass is 492 g/mol. The van der Waals surface area contributed by atoms with E-state index >= 15 is 0 Å². The third-order valence-electron chi connectivity index (χ3n) is 9.88. The highest BCUT2D eigenvalue weighted by molar-refractivity contribution is 7.10. The molecule has 0 saturated heterocycles. The van der Waals surface area contributed by atoms with Crippen LogP contribution in [-0.2, 0) is 24.7 Å². The Bertz CT molecular complexity index is 886. The Hall–Kier alpha value is -1.44. The number of carbonyl (C=O) groups is 2. The minimum Gasteiger partial charge on any atom is -0.466 e. The lowest BCUT2D eigenvalue weighted by molar-refractivity contribution is -0.169. The number of fused-ring (bicyclic) bond motifs is 1. The van der Waals surface area contributed by atoms with Gasteiger partial charge in [-0.2, -0.15) is 0 Å². The molecule has 0 aliphatic heterocycles. The molecule has 190 valence electrons. The molecule has 0 spiro atoms. The summed E-state index contributed by atoms with van der Waals surface area (Å²) in [6.07, 6.45) is 5.57. The van der Waals surface area contributed by atoms with E-state index in [1.54, 1.807) is 11.3 Å². The van der Waals surface area contributed by atoms with E-state index in [4.69, 9.17) is 9.47 Å². The Morgan fingerprint density at radius 3 is 2.44 bits per heavy atom. The molecule has 1 aromatic heterocycles. The normalized spacial score (nSPS) is 42.1. The second-order valence-electron chi connectivity index (χ2n) is 11.4. The zero-order valence-corrected chi connectivity index (χ0v) is 21.7. The number of aliphatic hydroxyl groups excluding tert-OH is 1. The summed E-state index contributed by atoms with van der Waals surface area (Å²) in [5, 5.41) is 24.7. The Morgan fingerprint density at radius 2 is 1.82 bits per heavy atom. The van der Waals surface area contributed by atoms with E-state index in [1.165, 1.54) is 13.8 Å². The fourth-order valence-electron chi connectivity index (χ4n) is 7.98. The number of rotatable bonds is 6. The number of carbonyl (C=O) groups excluding carboxylic acids is 2. The van der Waals surface area contributed by atoms with Gasteiger partial charge in [-0.05, 0) is 79.6 Å². The number of aliphatic hydroxyl groups is 2. The van der Waals surface area contributed by atoms with Gasteiger partial charge in [0.05, 0.1) is 6.61 Å². The number of ether oxygens (including phenoxy) is 2. The van der Waals surface area contributed by atoms with Crippen LogP contribution in [0.15, 0.2) is 17.5 Å². The van der Waals surface area contributed by atoms with Crippen molar-refractivity contribution in [2.75, 3.05) is 13.2 Å². The Kier molecular flexibility index (Phi) is 7.20. The van der Waals surface area contributed by atoms with Crippen LogP contribution < -0.4 is 0 Å². The summed E-state index contributed by atoms with van der Waals surface area (Å²) in [6, 6.07) is 4.05. The zero-order chi connectivity index (χ0) is 24.7. The van der Waals surface area contributed by atoms with Gasteiger partial charge in [0, 0.05) is 36.7 Å². The number of esters is 2. The van der Waals surface area contributed by atoms with Crippen molar-refractivity contribution in [3.05, 3.63) is 22.4 Å². The van der Waals surface area contributed by atoms with Gasteiger partial charge in [-0.1, -0.05) is 19.9 Å². The van der Waals surface area contributed by atoms with Crippen molar-refractivity contribution in [1.29, 1.82) is 0 Å². The third-order valence-corrected chi connectivity index (χ3v) is 10.9. The van der Waals surface area contributed by atoms with Crippen molar-refractivity contribution in [2.45, 2.75) is 84.3 Å². The summed E-state index contributed by atoms with van der Waals surface area (Å²) in [5.74, 6) is 0.0168. The van der Waals surface area contributed by atoms with Gasteiger partial charge in [0.2, 0.25) is 0 Å². The van der Waals surface area contributed by atoms with Crippen LogP contribution in [0.25, 0.3) is 0 Å². The maximum atomic E-state index is 11.9. The van der Waals surface area contributed by atoms with Crippen LogP contribution in [0.4, 0.5) is 0 Å². The van der Waals surface area contributed by atoms with Crippen LogP contribution in [0.5, 0.6) is 0 Å². The smallest absolute Gasteiger partial charge is 0.302 e. The van der Waals surface area contributed by atoms with Gasteiger partial charge < -0.3 is 19.7 Å². The molecule has 3 saturated carbocycles. The molecule has 6 nitrogen and oxygen atoms in total. The highest BCUT2D eigenvalue weighted by atomic mass is 32.1. The molecule has 34 heavy (non-hydrogen) atoms. The first-order chi connectivity index (χ1) is 16.0. The molecule has 2 N–H and O–H groups in total. The van der Waals surface area contributed by atoms with Crippen LogP contribution in [-0.4, -0.2) is 41.5 Å². The summed E-state index contributed by atoms with van der Waals surface area (Å²) < 4.78 is 11.1. The SMILES string of the molecule is CC(=O)OCC1CC(OC(C)=O)CCC1(C)C1CCC2(C)C(CCC2(O)c2cccs2)C1CO. The summed E-state index contributed by atoms with van der Waals surface area (Å²) >= 11 is 1.62. The van der Waals surface area contributed by atoms with Crippen molar-refractivity contribution < 1.29 is 29.3 Å². The molecular weight excluding hydrogens is 452 g/mol. The van der Waals surface area contributed by atoms with E-state index in [2.05, 4.69) is 13.8 Å². The Labute approximate surface area is 207 Å². The number of hydrogen-bond donors (Lipinski definition) is 2. The Morgan fingerprint density at radius 1 is 1.09 bits per heavy atom. The molecule has 0 aromatic carbocycles. The first-order valence-corrected chi connectivity index (χ1v) is 13.6. The van der Waals surface area contributed by atoms with Gasteiger partial charge >= 0.3 is 11.9 Å². The van der Waals surface area contributed by atoms with Crippen molar-refractivity contribution in [2.24, 2.45) is 34.5 Å². The van der Waals surface area contributed by atoms with Gasteiger partial charge in [-0.15, -0.1) is 11.3 Å². The minimum atomic E-state index is -0.852. The summed E-state index contributed by atoms with van der Waals surface area (Å²) in [7, 11) is 0. The molecular formula is C27H40O6S. The fraction of sp³-hybridized carbons (Fsp3) is 0.778. The van der Waals surface area contributed by atoms with Crippen LogP contribution >= 0.6 is 11.3 Å². The average Bonchev–Trinajstić information content (AvgIpc) is 3.41. The minimum absolute atomic E-state index is 0.0514. The first-order valence-electron chi connectivity index (χ1n) is 12.7. The van der Waals surface area contributed by atoms with Gasteiger partial charge in [-0.3, -0.25) is 9.59 Å². The molecule has 0 amide bonds. The van der Waals surface area contributed by atoms with Gasteiger partial charge in [-0.25, -0.2) is 0 Å². The fourth-order valence-corrected chi connectivity index (χ4v) is 8.97. The first kappa shape index (κ1) is 25.6.